The molecule has 0 saturated carbocycles. The molecule has 20 heavy (non-hydrogen) atoms. The molecule has 2 aromatic rings. The van der Waals surface area contributed by atoms with Gasteiger partial charge in [0, 0.05) is 17.9 Å². The topological polar surface area (TPSA) is 39.1 Å². The third kappa shape index (κ3) is 3.54. The zero-order valence-electron chi connectivity index (χ0n) is 12.1. The molecular formula is C15H20BrN3O. The van der Waals surface area contributed by atoms with E-state index in [2.05, 4.69) is 46.3 Å². The van der Waals surface area contributed by atoms with Gasteiger partial charge in [-0.3, -0.25) is 4.68 Å². The van der Waals surface area contributed by atoms with E-state index in [1.54, 1.807) is 7.11 Å². The number of nitrogens with zero attached hydrogens (tertiary/aromatic N) is 2. The fraction of sp³-hybridized carbons (Fsp3) is 0.400. The summed E-state index contributed by atoms with van der Waals surface area (Å²) in [4.78, 5) is 0. The van der Waals surface area contributed by atoms with E-state index < -0.39 is 0 Å². The predicted octanol–water partition coefficient (Wildman–Crippen LogP) is 4.24. The lowest BCUT2D eigenvalue weighted by Gasteiger charge is -2.09. The molecule has 0 saturated heterocycles. The number of rotatable bonds is 6. The highest BCUT2D eigenvalue weighted by atomic mass is 79.9. The van der Waals surface area contributed by atoms with Crippen LogP contribution in [-0.4, -0.2) is 16.9 Å². The van der Waals surface area contributed by atoms with Crippen molar-refractivity contribution in [2.75, 3.05) is 12.4 Å². The van der Waals surface area contributed by atoms with Crippen LogP contribution in [0, 0.1) is 0 Å². The maximum atomic E-state index is 5.21. The number of hydrogen-bond acceptors (Lipinski definition) is 3. The molecule has 2 rings (SSSR count). The van der Waals surface area contributed by atoms with Crippen molar-refractivity contribution in [1.82, 2.24) is 9.78 Å². The van der Waals surface area contributed by atoms with Gasteiger partial charge < -0.3 is 10.1 Å². The summed E-state index contributed by atoms with van der Waals surface area (Å²) >= 11 is 3.48. The van der Waals surface area contributed by atoms with E-state index in [0.717, 1.165) is 28.0 Å². The number of nitrogens with one attached hydrogen (secondary N) is 1. The number of ether oxygens (including phenoxy) is 1. The first-order valence-corrected chi connectivity index (χ1v) is 7.54. The lowest BCUT2D eigenvalue weighted by atomic mass is 10.3. The average Bonchev–Trinajstić information content (AvgIpc) is 2.93. The Morgan fingerprint density at radius 1 is 1.40 bits per heavy atom. The molecule has 0 aliphatic heterocycles. The van der Waals surface area contributed by atoms with Crippen molar-refractivity contribution in [2.45, 2.75) is 32.9 Å². The number of aromatic nitrogens is 2. The number of hydrogen-bond donors (Lipinski definition) is 1. The summed E-state index contributed by atoms with van der Waals surface area (Å²) in [6.07, 6.45) is 3.12. The molecule has 1 heterocycles. The van der Waals surface area contributed by atoms with Crippen molar-refractivity contribution >= 4 is 21.6 Å². The number of halogens is 1. The normalized spacial score (nSPS) is 12.2. The van der Waals surface area contributed by atoms with E-state index in [1.807, 2.05) is 29.1 Å². The van der Waals surface area contributed by atoms with Crippen molar-refractivity contribution in [1.29, 1.82) is 0 Å². The standard InChI is InChI=1S/C15H20BrN3O/c1-4-11(2)19-8-7-13(18-19)10-17-12-5-6-15(20-3)14(16)9-12/h5-9,11,17H,4,10H2,1-3H3. The summed E-state index contributed by atoms with van der Waals surface area (Å²) in [5.41, 5.74) is 2.08. The SMILES string of the molecule is CCC(C)n1ccc(CNc2ccc(OC)c(Br)c2)n1. The summed E-state index contributed by atoms with van der Waals surface area (Å²) in [6.45, 7) is 5.05. The Morgan fingerprint density at radius 2 is 2.20 bits per heavy atom. The van der Waals surface area contributed by atoms with Crippen molar-refractivity contribution in [2.24, 2.45) is 0 Å². The molecule has 4 nitrogen and oxygen atoms in total. The molecule has 0 aliphatic carbocycles. The van der Waals surface area contributed by atoms with Crippen LogP contribution in [0.25, 0.3) is 0 Å². The van der Waals surface area contributed by atoms with Gasteiger partial charge in [0.15, 0.2) is 0 Å². The largest absolute Gasteiger partial charge is 0.496 e. The van der Waals surface area contributed by atoms with E-state index >= 15 is 0 Å². The summed E-state index contributed by atoms with van der Waals surface area (Å²) in [5.74, 6) is 0.830. The number of methoxy groups -OCH3 is 1. The van der Waals surface area contributed by atoms with Crippen molar-refractivity contribution < 1.29 is 4.74 Å². The van der Waals surface area contributed by atoms with Crippen LogP contribution in [0.1, 0.15) is 32.0 Å². The highest BCUT2D eigenvalue weighted by molar-refractivity contribution is 9.10. The molecule has 1 unspecified atom stereocenters. The first-order valence-electron chi connectivity index (χ1n) is 6.75. The van der Waals surface area contributed by atoms with Crippen LogP contribution < -0.4 is 10.1 Å². The van der Waals surface area contributed by atoms with E-state index in [-0.39, 0.29) is 0 Å². The minimum Gasteiger partial charge on any atom is -0.496 e. The van der Waals surface area contributed by atoms with Gasteiger partial charge in [-0.1, -0.05) is 6.92 Å². The molecule has 1 atom stereocenters. The van der Waals surface area contributed by atoms with Gasteiger partial charge in [0.2, 0.25) is 0 Å². The number of benzene rings is 1. The maximum absolute atomic E-state index is 5.21. The van der Waals surface area contributed by atoms with E-state index in [1.165, 1.54) is 0 Å². The third-order valence-corrected chi connectivity index (χ3v) is 3.95. The molecule has 5 heteroatoms. The Balaban J connectivity index is 1.98. The maximum Gasteiger partial charge on any atom is 0.133 e. The van der Waals surface area contributed by atoms with Crippen LogP contribution in [0.15, 0.2) is 34.9 Å². The van der Waals surface area contributed by atoms with Gasteiger partial charge in [-0.25, -0.2) is 0 Å². The lowest BCUT2D eigenvalue weighted by Crippen LogP contribution is -2.06. The predicted molar refractivity (Wildman–Crippen MR) is 85.2 cm³/mol. The smallest absolute Gasteiger partial charge is 0.133 e. The molecule has 0 bridgehead atoms. The molecule has 0 radical (unpaired) electrons. The molecule has 1 aromatic carbocycles. The Kier molecular flexibility index (Phi) is 5.06. The highest BCUT2D eigenvalue weighted by Gasteiger charge is 2.05. The second-order valence-corrected chi connectivity index (χ2v) is 5.60. The summed E-state index contributed by atoms with van der Waals surface area (Å²) in [7, 11) is 1.66. The average molecular weight is 338 g/mol. The van der Waals surface area contributed by atoms with Crippen molar-refractivity contribution in [3.8, 4) is 5.75 Å². The van der Waals surface area contributed by atoms with Gasteiger partial charge >= 0.3 is 0 Å². The number of anilines is 1. The van der Waals surface area contributed by atoms with Crippen LogP contribution in [0.2, 0.25) is 0 Å². The van der Waals surface area contributed by atoms with E-state index in [4.69, 9.17) is 4.74 Å². The molecule has 0 spiro atoms. The van der Waals surface area contributed by atoms with Gasteiger partial charge in [-0.05, 0) is 53.5 Å². The fourth-order valence-corrected chi connectivity index (χ4v) is 2.41. The van der Waals surface area contributed by atoms with Gasteiger partial charge in [0.25, 0.3) is 0 Å². The van der Waals surface area contributed by atoms with Crippen molar-refractivity contribution in [3.05, 3.63) is 40.6 Å². The Hall–Kier alpha value is -1.49. The first kappa shape index (κ1) is 14.9. The third-order valence-electron chi connectivity index (χ3n) is 3.33. The molecule has 1 aromatic heterocycles. The summed E-state index contributed by atoms with van der Waals surface area (Å²) in [6, 6.07) is 8.43. The van der Waals surface area contributed by atoms with Gasteiger partial charge in [0.05, 0.1) is 23.8 Å². The highest BCUT2D eigenvalue weighted by Crippen LogP contribution is 2.27. The molecular weight excluding hydrogens is 318 g/mol. The van der Waals surface area contributed by atoms with Gasteiger partial charge in [-0.2, -0.15) is 5.10 Å². The summed E-state index contributed by atoms with van der Waals surface area (Å²) < 4.78 is 8.17. The fourth-order valence-electron chi connectivity index (χ4n) is 1.87. The van der Waals surface area contributed by atoms with Gasteiger partial charge in [0.1, 0.15) is 5.75 Å². The monoisotopic (exact) mass is 337 g/mol. The minimum absolute atomic E-state index is 0.443. The quantitative estimate of drug-likeness (QED) is 0.856. The molecule has 0 amide bonds. The van der Waals surface area contributed by atoms with Crippen LogP contribution >= 0.6 is 15.9 Å². The zero-order chi connectivity index (χ0) is 14.5. The van der Waals surface area contributed by atoms with E-state index in [0.29, 0.717) is 12.6 Å². The Bertz CT molecular complexity index is 568. The van der Waals surface area contributed by atoms with E-state index in [9.17, 15) is 0 Å². The minimum atomic E-state index is 0.443. The second kappa shape index (κ2) is 6.79. The van der Waals surface area contributed by atoms with Crippen LogP contribution in [0.5, 0.6) is 5.75 Å². The molecule has 108 valence electrons. The lowest BCUT2D eigenvalue weighted by molar-refractivity contribution is 0.412. The van der Waals surface area contributed by atoms with Crippen LogP contribution in [0.3, 0.4) is 0 Å². The van der Waals surface area contributed by atoms with Crippen LogP contribution in [-0.2, 0) is 6.54 Å². The Morgan fingerprint density at radius 3 is 2.85 bits per heavy atom. The second-order valence-electron chi connectivity index (χ2n) is 4.75. The first-order chi connectivity index (χ1) is 9.63. The molecule has 1 N–H and O–H groups in total. The summed E-state index contributed by atoms with van der Waals surface area (Å²) in [5, 5.41) is 7.93. The van der Waals surface area contributed by atoms with Crippen molar-refractivity contribution in [3.63, 3.8) is 0 Å². The molecule has 0 fully saturated rings. The zero-order valence-corrected chi connectivity index (χ0v) is 13.6. The molecule has 0 aliphatic rings. The van der Waals surface area contributed by atoms with Crippen LogP contribution in [0.4, 0.5) is 5.69 Å². The van der Waals surface area contributed by atoms with Gasteiger partial charge in [-0.15, -0.1) is 0 Å². The Labute approximate surface area is 128 Å².